The van der Waals surface area contributed by atoms with E-state index in [1.807, 2.05) is 24.3 Å². The molecule has 1 heterocycles. The van der Waals surface area contributed by atoms with Crippen molar-refractivity contribution in [1.29, 1.82) is 0 Å². The third-order valence-corrected chi connectivity index (χ3v) is 4.83. The number of nitrogens with two attached hydrogens (primary N) is 1. The number of hydrogen-bond donors (Lipinski definition) is 2. The molecule has 0 saturated heterocycles. The molecule has 2 aromatic rings. The van der Waals surface area contributed by atoms with E-state index in [1.54, 1.807) is 17.3 Å². The highest BCUT2D eigenvalue weighted by atomic mass is 32.2. The first kappa shape index (κ1) is 16.9. The second kappa shape index (κ2) is 9.55. The van der Waals surface area contributed by atoms with Gasteiger partial charge in [0.25, 0.3) is 0 Å². The maximum absolute atomic E-state index is 11.8. The summed E-state index contributed by atoms with van der Waals surface area (Å²) in [7, 11) is 0. The minimum atomic E-state index is 0.0669. The Hall–Kier alpha value is -1.44. The highest BCUT2D eigenvalue weighted by Crippen LogP contribution is 2.29. The lowest BCUT2D eigenvalue weighted by Crippen LogP contribution is -2.11. The van der Waals surface area contributed by atoms with Gasteiger partial charge in [0.15, 0.2) is 4.34 Å². The Morgan fingerprint density at radius 1 is 1.18 bits per heavy atom. The fraction of sp³-hybridized carbons (Fsp3) is 0.400. The average molecular weight is 336 g/mol. The molecule has 7 heteroatoms. The van der Waals surface area contributed by atoms with Crippen LogP contribution in [0.4, 0.5) is 5.69 Å². The molecule has 3 N–H and O–H groups in total. The monoisotopic (exact) mass is 336 g/mol. The zero-order chi connectivity index (χ0) is 15.6. The van der Waals surface area contributed by atoms with E-state index in [4.69, 9.17) is 5.73 Å². The summed E-state index contributed by atoms with van der Waals surface area (Å²) in [6, 6.07) is 7.78. The molecule has 1 amide bonds. The lowest BCUT2D eigenvalue weighted by molar-refractivity contribution is -0.116. The molecule has 0 aliphatic rings. The number of nitrogens with zero attached hydrogens (tertiary/aromatic N) is 2. The SMILES string of the molecule is NCCCCCCC(=O)Nc1ccc(Sc2nncs2)cc1. The van der Waals surface area contributed by atoms with Crippen molar-refractivity contribution in [3.05, 3.63) is 29.8 Å². The summed E-state index contributed by atoms with van der Waals surface area (Å²) < 4.78 is 0.911. The third-order valence-electron chi connectivity index (χ3n) is 3.04. The van der Waals surface area contributed by atoms with Gasteiger partial charge in [0.05, 0.1) is 0 Å². The molecule has 118 valence electrons. The molecule has 5 nitrogen and oxygen atoms in total. The van der Waals surface area contributed by atoms with E-state index < -0.39 is 0 Å². The Kier molecular flexibility index (Phi) is 7.35. The summed E-state index contributed by atoms with van der Waals surface area (Å²) in [5.74, 6) is 0.0669. The van der Waals surface area contributed by atoms with Gasteiger partial charge in [-0.25, -0.2) is 0 Å². The Morgan fingerprint density at radius 2 is 1.95 bits per heavy atom. The number of anilines is 1. The Labute approximate surface area is 138 Å². The molecule has 1 aromatic carbocycles. The Bertz CT molecular complexity index is 557. The van der Waals surface area contributed by atoms with Crippen LogP contribution in [0.1, 0.15) is 32.1 Å². The van der Waals surface area contributed by atoms with Crippen LogP contribution in [0.2, 0.25) is 0 Å². The van der Waals surface area contributed by atoms with Crippen LogP contribution in [0, 0.1) is 0 Å². The maximum Gasteiger partial charge on any atom is 0.224 e. The van der Waals surface area contributed by atoms with Gasteiger partial charge in [-0.1, -0.05) is 35.9 Å². The zero-order valence-electron chi connectivity index (χ0n) is 12.3. The number of hydrogen-bond acceptors (Lipinski definition) is 6. The number of carbonyl (C=O) groups is 1. The van der Waals surface area contributed by atoms with Gasteiger partial charge >= 0.3 is 0 Å². The number of rotatable bonds is 9. The van der Waals surface area contributed by atoms with Gasteiger partial charge in [0.2, 0.25) is 5.91 Å². The van der Waals surface area contributed by atoms with E-state index in [9.17, 15) is 4.79 Å². The maximum atomic E-state index is 11.8. The molecule has 0 unspecified atom stereocenters. The van der Waals surface area contributed by atoms with Crippen molar-refractivity contribution in [3.63, 3.8) is 0 Å². The van der Waals surface area contributed by atoms with Gasteiger partial charge < -0.3 is 11.1 Å². The molecule has 1 aromatic heterocycles. The highest BCUT2D eigenvalue weighted by molar-refractivity contribution is 8.01. The molecule has 0 aliphatic heterocycles. The van der Waals surface area contributed by atoms with E-state index in [0.29, 0.717) is 6.42 Å². The second-order valence-electron chi connectivity index (χ2n) is 4.83. The van der Waals surface area contributed by atoms with Crippen LogP contribution < -0.4 is 11.1 Å². The molecule has 0 atom stereocenters. The van der Waals surface area contributed by atoms with Crippen molar-refractivity contribution < 1.29 is 4.79 Å². The summed E-state index contributed by atoms with van der Waals surface area (Å²) in [6.07, 6.45) is 4.67. The number of aromatic nitrogens is 2. The Morgan fingerprint density at radius 3 is 2.64 bits per heavy atom. The van der Waals surface area contributed by atoms with Crippen molar-refractivity contribution in [1.82, 2.24) is 10.2 Å². The van der Waals surface area contributed by atoms with Crippen LogP contribution in [-0.4, -0.2) is 22.6 Å². The Balaban J connectivity index is 1.72. The van der Waals surface area contributed by atoms with E-state index in [1.165, 1.54) is 11.3 Å². The normalized spacial score (nSPS) is 10.6. The topological polar surface area (TPSA) is 80.9 Å². The molecule has 22 heavy (non-hydrogen) atoms. The van der Waals surface area contributed by atoms with E-state index >= 15 is 0 Å². The predicted octanol–water partition coefficient (Wildman–Crippen LogP) is 3.54. The largest absolute Gasteiger partial charge is 0.330 e. The highest BCUT2D eigenvalue weighted by Gasteiger charge is 2.04. The lowest BCUT2D eigenvalue weighted by atomic mass is 10.1. The first-order valence-corrected chi connectivity index (χ1v) is 9.01. The van der Waals surface area contributed by atoms with Gasteiger partial charge in [-0.3, -0.25) is 4.79 Å². The first-order valence-electron chi connectivity index (χ1n) is 7.32. The first-order chi connectivity index (χ1) is 10.8. The van der Waals surface area contributed by atoms with Gasteiger partial charge in [0, 0.05) is 17.0 Å². The van der Waals surface area contributed by atoms with Crippen LogP contribution in [-0.2, 0) is 4.79 Å². The molecule has 0 fully saturated rings. The van der Waals surface area contributed by atoms with Crippen LogP contribution in [0.5, 0.6) is 0 Å². The van der Waals surface area contributed by atoms with Gasteiger partial charge in [-0.2, -0.15) is 0 Å². The van der Waals surface area contributed by atoms with Crippen LogP contribution in [0.3, 0.4) is 0 Å². The van der Waals surface area contributed by atoms with Crippen LogP contribution in [0.25, 0.3) is 0 Å². The molecule has 0 saturated carbocycles. The summed E-state index contributed by atoms with van der Waals surface area (Å²) in [5.41, 5.74) is 7.98. The molecule has 0 radical (unpaired) electrons. The van der Waals surface area contributed by atoms with Gasteiger partial charge in [0.1, 0.15) is 5.51 Å². The quantitative estimate of drug-likeness (QED) is 0.685. The average Bonchev–Trinajstić information content (AvgIpc) is 3.02. The smallest absolute Gasteiger partial charge is 0.224 e. The number of benzene rings is 1. The van der Waals surface area contributed by atoms with E-state index in [2.05, 4.69) is 15.5 Å². The van der Waals surface area contributed by atoms with Crippen molar-refractivity contribution in [2.24, 2.45) is 5.73 Å². The molecular formula is C15H20N4OS2. The summed E-state index contributed by atoms with van der Waals surface area (Å²) in [5, 5.41) is 10.7. The summed E-state index contributed by atoms with van der Waals surface area (Å²) in [6.45, 7) is 0.730. The number of unbranched alkanes of at least 4 members (excludes halogenated alkanes) is 3. The number of carbonyl (C=O) groups excluding carboxylic acids is 1. The number of nitrogens with one attached hydrogen (secondary N) is 1. The fourth-order valence-electron chi connectivity index (χ4n) is 1.92. The van der Waals surface area contributed by atoms with Crippen molar-refractivity contribution in [2.45, 2.75) is 41.3 Å². The molecular weight excluding hydrogens is 316 g/mol. The van der Waals surface area contributed by atoms with Crippen LogP contribution in [0.15, 0.2) is 39.0 Å². The van der Waals surface area contributed by atoms with Crippen molar-refractivity contribution >= 4 is 34.7 Å². The van der Waals surface area contributed by atoms with Crippen molar-refractivity contribution in [2.75, 3.05) is 11.9 Å². The summed E-state index contributed by atoms with van der Waals surface area (Å²) in [4.78, 5) is 12.9. The standard InChI is InChI=1S/C15H20N4OS2/c16-10-4-2-1-3-5-14(20)18-12-6-8-13(9-7-12)22-15-19-17-11-21-15/h6-9,11H,1-5,10,16H2,(H,18,20). The predicted molar refractivity (Wildman–Crippen MR) is 91.2 cm³/mol. The lowest BCUT2D eigenvalue weighted by Gasteiger charge is -2.06. The third kappa shape index (κ3) is 6.13. The van der Waals surface area contributed by atoms with Gasteiger partial charge in [-0.05, 0) is 43.7 Å². The fourth-order valence-corrected chi connectivity index (χ4v) is 3.37. The van der Waals surface area contributed by atoms with Crippen LogP contribution >= 0.6 is 23.1 Å². The minimum absolute atomic E-state index is 0.0669. The zero-order valence-corrected chi connectivity index (χ0v) is 14.0. The minimum Gasteiger partial charge on any atom is -0.330 e. The molecule has 2 rings (SSSR count). The molecule has 0 aliphatic carbocycles. The van der Waals surface area contributed by atoms with Gasteiger partial charge in [-0.15, -0.1) is 10.2 Å². The van der Waals surface area contributed by atoms with E-state index in [0.717, 1.165) is 47.2 Å². The molecule has 0 spiro atoms. The number of amides is 1. The van der Waals surface area contributed by atoms with Crippen molar-refractivity contribution in [3.8, 4) is 0 Å². The second-order valence-corrected chi connectivity index (χ2v) is 6.99. The van der Waals surface area contributed by atoms with E-state index in [-0.39, 0.29) is 5.91 Å². The molecule has 0 bridgehead atoms. The summed E-state index contributed by atoms with van der Waals surface area (Å²) >= 11 is 3.08.